The van der Waals surface area contributed by atoms with Gasteiger partial charge in [0, 0.05) is 25.8 Å². The van der Waals surface area contributed by atoms with Crippen LogP contribution in [0.3, 0.4) is 0 Å². The Bertz CT molecular complexity index is 517. The van der Waals surface area contributed by atoms with Crippen molar-refractivity contribution in [2.45, 2.75) is 13.2 Å². The van der Waals surface area contributed by atoms with E-state index in [4.69, 9.17) is 9.47 Å². The summed E-state index contributed by atoms with van der Waals surface area (Å²) in [4.78, 5) is 0. The molecular formula is C15H18BrNO2S. The number of halogens is 1. The number of hydrogen-bond acceptors (Lipinski definition) is 4. The fourth-order valence-corrected chi connectivity index (χ4v) is 2.96. The van der Waals surface area contributed by atoms with E-state index in [9.17, 15) is 0 Å². The van der Waals surface area contributed by atoms with Crippen molar-refractivity contribution >= 4 is 27.3 Å². The Balaban J connectivity index is 1.98. The highest BCUT2D eigenvalue weighted by atomic mass is 79.9. The predicted molar refractivity (Wildman–Crippen MR) is 86.4 cm³/mol. The molecule has 3 nitrogen and oxygen atoms in total. The van der Waals surface area contributed by atoms with E-state index in [2.05, 4.69) is 44.1 Å². The minimum atomic E-state index is 0.594. The number of nitrogens with one attached hydrogen (secondary N) is 1. The number of ether oxygens (including phenoxy) is 2. The van der Waals surface area contributed by atoms with E-state index >= 15 is 0 Å². The van der Waals surface area contributed by atoms with Gasteiger partial charge in [0.05, 0.1) is 11.1 Å². The van der Waals surface area contributed by atoms with E-state index in [0.29, 0.717) is 13.2 Å². The normalized spacial score (nSPS) is 10.7. The zero-order valence-electron chi connectivity index (χ0n) is 11.4. The second-order valence-corrected chi connectivity index (χ2v) is 5.95. The smallest absolute Gasteiger partial charge is 0.138 e. The van der Waals surface area contributed by atoms with Gasteiger partial charge in [-0.25, -0.2) is 0 Å². The van der Waals surface area contributed by atoms with E-state index in [1.807, 2.05) is 12.1 Å². The molecule has 0 fully saturated rings. The van der Waals surface area contributed by atoms with Gasteiger partial charge in [0.2, 0.25) is 0 Å². The zero-order chi connectivity index (χ0) is 14.2. The lowest BCUT2D eigenvalue weighted by Gasteiger charge is -2.13. The molecular weight excluding hydrogens is 338 g/mol. The van der Waals surface area contributed by atoms with Gasteiger partial charge in [0.1, 0.15) is 12.4 Å². The van der Waals surface area contributed by atoms with Crippen molar-refractivity contribution in [3.8, 4) is 5.75 Å². The van der Waals surface area contributed by atoms with E-state index in [-0.39, 0.29) is 0 Å². The van der Waals surface area contributed by atoms with Crippen molar-refractivity contribution < 1.29 is 9.47 Å². The van der Waals surface area contributed by atoms with Crippen molar-refractivity contribution in [1.82, 2.24) is 5.32 Å². The summed E-state index contributed by atoms with van der Waals surface area (Å²) >= 11 is 5.24. The second-order valence-electron chi connectivity index (χ2n) is 4.32. The Labute approximate surface area is 132 Å². The number of thiophene rings is 1. The van der Waals surface area contributed by atoms with Crippen molar-refractivity contribution in [1.29, 1.82) is 0 Å². The standard InChI is InChI=1S/C15H18BrNO2S/c1-18-7-6-17-9-13-3-2-4-14(16)15(13)19-10-12-5-8-20-11-12/h2-5,8,11,17H,6-7,9-10H2,1H3. The second kappa shape index (κ2) is 8.42. The molecule has 0 saturated carbocycles. The van der Waals surface area contributed by atoms with Crippen LogP contribution in [-0.2, 0) is 17.9 Å². The van der Waals surface area contributed by atoms with Crippen molar-refractivity contribution in [2.24, 2.45) is 0 Å². The van der Waals surface area contributed by atoms with Crippen LogP contribution in [0.1, 0.15) is 11.1 Å². The lowest BCUT2D eigenvalue weighted by molar-refractivity contribution is 0.199. The molecule has 0 unspecified atom stereocenters. The fraction of sp³-hybridized carbons (Fsp3) is 0.333. The lowest BCUT2D eigenvalue weighted by Crippen LogP contribution is -2.19. The first kappa shape index (κ1) is 15.5. The van der Waals surface area contributed by atoms with Crippen molar-refractivity contribution in [3.63, 3.8) is 0 Å². The van der Waals surface area contributed by atoms with Crippen LogP contribution < -0.4 is 10.1 Å². The maximum atomic E-state index is 5.96. The van der Waals surface area contributed by atoms with Crippen LogP contribution >= 0.6 is 27.3 Å². The maximum absolute atomic E-state index is 5.96. The van der Waals surface area contributed by atoms with Crippen molar-refractivity contribution in [2.75, 3.05) is 20.3 Å². The number of benzene rings is 1. The lowest BCUT2D eigenvalue weighted by atomic mass is 10.2. The van der Waals surface area contributed by atoms with Gasteiger partial charge in [-0.2, -0.15) is 11.3 Å². The van der Waals surface area contributed by atoms with Gasteiger partial charge in [-0.3, -0.25) is 0 Å². The summed E-state index contributed by atoms with van der Waals surface area (Å²) in [6.07, 6.45) is 0. The molecule has 2 rings (SSSR count). The Morgan fingerprint density at radius 3 is 2.95 bits per heavy atom. The third-order valence-corrected chi connectivity index (χ3v) is 4.17. The van der Waals surface area contributed by atoms with Gasteiger partial charge in [-0.05, 0) is 44.4 Å². The highest BCUT2D eigenvalue weighted by Gasteiger charge is 2.08. The van der Waals surface area contributed by atoms with Crippen LogP contribution in [0, 0.1) is 0 Å². The summed E-state index contributed by atoms with van der Waals surface area (Å²) in [5.41, 5.74) is 2.34. The Kier molecular flexibility index (Phi) is 6.53. The first-order valence-electron chi connectivity index (χ1n) is 6.42. The van der Waals surface area contributed by atoms with Crippen LogP contribution in [0.4, 0.5) is 0 Å². The van der Waals surface area contributed by atoms with E-state index in [1.165, 1.54) is 5.56 Å². The Morgan fingerprint density at radius 1 is 1.30 bits per heavy atom. The summed E-state index contributed by atoms with van der Waals surface area (Å²) in [6, 6.07) is 8.18. The molecule has 1 heterocycles. The van der Waals surface area contributed by atoms with E-state index in [1.54, 1.807) is 18.4 Å². The average molecular weight is 356 g/mol. The van der Waals surface area contributed by atoms with Gasteiger partial charge in [-0.1, -0.05) is 12.1 Å². The first-order chi connectivity index (χ1) is 9.81. The van der Waals surface area contributed by atoms with Crippen LogP contribution in [0.15, 0.2) is 39.5 Å². The fourth-order valence-electron chi connectivity index (χ4n) is 1.78. The number of methoxy groups -OCH3 is 1. The highest BCUT2D eigenvalue weighted by molar-refractivity contribution is 9.10. The molecule has 0 bridgehead atoms. The first-order valence-corrected chi connectivity index (χ1v) is 8.15. The van der Waals surface area contributed by atoms with Gasteiger partial charge in [0.25, 0.3) is 0 Å². The molecule has 0 aliphatic carbocycles. The minimum Gasteiger partial charge on any atom is -0.487 e. The molecule has 0 spiro atoms. The molecule has 0 aliphatic rings. The predicted octanol–water partition coefficient (Wildman–Crippen LogP) is 3.83. The number of para-hydroxylation sites is 1. The summed E-state index contributed by atoms with van der Waals surface area (Å²) in [5.74, 6) is 0.906. The third kappa shape index (κ3) is 4.59. The Morgan fingerprint density at radius 2 is 2.20 bits per heavy atom. The average Bonchev–Trinajstić information content (AvgIpc) is 2.96. The molecule has 1 N–H and O–H groups in total. The largest absolute Gasteiger partial charge is 0.487 e. The van der Waals surface area contributed by atoms with E-state index < -0.39 is 0 Å². The molecule has 0 aliphatic heterocycles. The van der Waals surface area contributed by atoms with Crippen LogP contribution in [0.2, 0.25) is 0 Å². The van der Waals surface area contributed by atoms with Gasteiger partial charge >= 0.3 is 0 Å². The summed E-state index contributed by atoms with van der Waals surface area (Å²) < 4.78 is 12.0. The summed E-state index contributed by atoms with van der Waals surface area (Å²) in [5, 5.41) is 7.51. The molecule has 0 saturated heterocycles. The summed E-state index contributed by atoms with van der Waals surface area (Å²) in [7, 11) is 1.70. The minimum absolute atomic E-state index is 0.594. The van der Waals surface area contributed by atoms with Crippen LogP contribution in [0.25, 0.3) is 0 Å². The molecule has 0 atom stereocenters. The molecule has 1 aromatic carbocycles. The van der Waals surface area contributed by atoms with Crippen molar-refractivity contribution in [3.05, 3.63) is 50.6 Å². The van der Waals surface area contributed by atoms with Crippen LogP contribution in [-0.4, -0.2) is 20.3 Å². The van der Waals surface area contributed by atoms with E-state index in [0.717, 1.165) is 28.9 Å². The van der Waals surface area contributed by atoms with Gasteiger partial charge in [-0.15, -0.1) is 0 Å². The Hall–Kier alpha value is -0.880. The zero-order valence-corrected chi connectivity index (χ0v) is 13.8. The van der Waals surface area contributed by atoms with Gasteiger partial charge < -0.3 is 14.8 Å². The monoisotopic (exact) mass is 355 g/mol. The number of hydrogen-bond donors (Lipinski definition) is 1. The molecule has 1 aromatic heterocycles. The quantitative estimate of drug-likeness (QED) is 0.730. The molecule has 2 aromatic rings. The molecule has 108 valence electrons. The topological polar surface area (TPSA) is 30.5 Å². The van der Waals surface area contributed by atoms with Crippen LogP contribution in [0.5, 0.6) is 5.75 Å². The molecule has 0 radical (unpaired) electrons. The van der Waals surface area contributed by atoms with Gasteiger partial charge in [0.15, 0.2) is 0 Å². The summed E-state index contributed by atoms with van der Waals surface area (Å²) in [6.45, 7) is 2.89. The molecule has 0 amide bonds. The maximum Gasteiger partial charge on any atom is 0.138 e. The molecule has 20 heavy (non-hydrogen) atoms. The third-order valence-electron chi connectivity index (χ3n) is 2.81. The number of rotatable bonds is 8. The molecule has 5 heteroatoms. The highest BCUT2D eigenvalue weighted by Crippen LogP contribution is 2.30. The SMILES string of the molecule is COCCNCc1cccc(Br)c1OCc1ccsc1.